The van der Waals surface area contributed by atoms with E-state index in [0.717, 1.165) is 32.8 Å². The first-order valence-corrected chi connectivity index (χ1v) is 14.5. The van der Waals surface area contributed by atoms with Crippen molar-refractivity contribution in [2.75, 3.05) is 5.32 Å². The van der Waals surface area contributed by atoms with E-state index in [4.69, 9.17) is 4.74 Å². The normalized spacial score (nSPS) is 11.1. The van der Waals surface area contributed by atoms with E-state index in [2.05, 4.69) is 39.9 Å². The van der Waals surface area contributed by atoms with Gasteiger partial charge in [-0.15, -0.1) is 11.3 Å². The summed E-state index contributed by atoms with van der Waals surface area (Å²) in [5.74, 6) is -0.0846. The largest absolute Gasteiger partial charge is 0.488 e. The van der Waals surface area contributed by atoms with Gasteiger partial charge in [0.15, 0.2) is 5.13 Å². The lowest BCUT2D eigenvalue weighted by atomic mass is 10.0. The lowest BCUT2D eigenvalue weighted by Crippen LogP contribution is -2.17. The smallest absolute Gasteiger partial charge is 0.271 e. The van der Waals surface area contributed by atoms with E-state index < -0.39 is 0 Å². The number of aryl methyl sites for hydroxylation is 1. The summed E-state index contributed by atoms with van der Waals surface area (Å²) in [5, 5.41) is 12.3. The molecular formula is C35H27FN4O2S. The number of hydrogen-bond acceptors (Lipinski definition) is 6. The van der Waals surface area contributed by atoms with Crippen molar-refractivity contribution in [1.82, 2.24) is 10.4 Å². The van der Waals surface area contributed by atoms with E-state index in [0.29, 0.717) is 22.4 Å². The second-order valence-corrected chi connectivity index (χ2v) is 10.8. The van der Waals surface area contributed by atoms with Gasteiger partial charge >= 0.3 is 0 Å². The molecule has 0 aliphatic carbocycles. The van der Waals surface area contributed by atoms with Gasteiger partial charge in [0.25, 0.3) is 5.91 Å². The van der Waals surface area contributed by atoms with Gasteiger partial charge in [-0.3, -0.25) is 4.79 Å². The lowest BCUT2D eigenvalue weighted by molar-refractivity contribution is 0.0955. The average Bonchev–Trinajstić information content (AvgIpc) is 3.50. The highest BCUT2D eigenvalue weighted by Crippen LogP contribution is 2.29. The third kappa shape index (κ3) is 6.77. The number of hydrogen-bond donors (Lipinski definition) is 2. The highest BCUT2D eigenvalue weighted by molar-refractivity contribution is 7.14. The number of nitrogens with zero attached hydrogens (tertiary/aromatic N) is 2. The molecule has 0 atom stereocenters. The van der Waals surface area contributed by atoms with Gasteiger partial charge in [-0.2, -0.15) is 5.10 Å². The van der Waals surface area contributed by atoms with Gasteiger partial charge in [0.2, 0.25) is 0 Å². The van der Waals surface area contributed by atoms with Gasteiger partial charge in [0.05, 0.1) is 11.9 Å². The topological polar surface area (TPSA) is 75.6 Å². The highest BCUT2D eigenvalue weighted by atomic mass is 32.1. The van der Waals surface area contributed by atoms with Crippen molar-refractivity contribution in [2.24, 2.45) is 5.10 Å². The number of halogens is 1. The maximum atomic E-state index is 13.6. The summed E-state index contributed by atoms with van der Waals surface area (Å²) in [4.78, 5) is 17.6. The number of aromatic nitrogens is 1. The number of ether oxygens (including phenoxy) is 1. The van der Waals surface area contributed by atoms with Crippen molar-refractivity contribution in [1.29, 1.82) is 0 Å². The molecule has 0 spiro atoms. The van der Waals surface area contributed by atoms with Crippen molar-refractivity contribution in [3.05, 3.63) is 143 Å². The Morgan fingerprint density at radius 3 is 2.58 bits per heavy atom. The first-order chi connectivity index (χ1) is 21.0. The Kier molecular flexibility index (Phi) is 8.19. The van der Waals surface area contributed by atoms with Crippen LogP contribution in [0.15, 0.2) is 120 Å². The number of anilines is 2. The zero-order chi connectivity index (χ0) is 29.6. The standard InChI is InChI=1S/C35H27FN4O2S/c1-23-9-16-29(17-10-23)38-35-39-32(22-43-35)26-11-13-27(14-12-26)34(41)40-37-20-31-30-8-3-2-6-25(30)15-18-33(31)42-21-24-5-4-7-28(36)19-24/h2-20,22H,21H2,1H3,(H,38,39)(H,40,41)/b37-20-. The number of amides is 1. The first-order valence-electron chi connectivity index (χ1n) is 13.6. The summed E-state index contributed by atoms with van der Waals surface area (Å²) in [7, 11) is 0. The monoisotopic (exact) mass is 586 g/mol. The number of carbonyl (C=O) groups excluding carboxylic acids is 1. The molecule has 5 aromatic carbocycles. The van der Waals surface area contributed by atoms with Gasteiger partial charge in [-0.25, -0.2) is 14.8 Å². The molecule has 0 radical (unpaired) electrons. The molecule has 0 saturated heterocycles. The van der Waals surface area contributed by atoms with Gasteiger partial charge in [0.1, 0.15) is 18.2 Å². The van der Waals surface area contributed by atoms with Crippen LogP contribution in [0.1, 0.15) is 27.0 Å². The number of thiazole rings is 1. The third-order valence-electron chi connectivity index (χ3n) is 6.82. The number of nitrogens with one attached hydrogen (secondary N) is 2. The van der Waals surface area contributed by atoms with E-state index in [9.17, 15) is 9.18 Å². The minimum Gasteiger partial charge on any atom is -0.488 e. The van der Waals surface area contributed by atoms with Crippen LogP contribution in [0.5, 0.6) is 5.75 Å². The Morgan fingerprint density at radius 2 is 1.77 bits per heavy atom. The molecule has 0 saturated carbocycles. The van der Waals surface area contributed by atoms with Gasteiger partial charge < -0.3 is 10.1 Å². The quantitative estimate of drug-likeness (QED) is 0.132. The summed E-state index contributed by atoms with van der Waals surface area (Å²) in [5.41, 5.74) is 8.42. The van der Waals surface area contributed by atoms with E-state index in [1.165, 1.54) is 29.0 Å². The second kappa shape index (κ2) is 12.7. The SMILES string of the molecule is Cc1ccc(Nc2nc(-c3ccc(C(=O)N/N=C\c4c(OCc5cccc(F)c5)ccc5ccccc45)cc3)cs2)cc1. The molecule has 1 heterocycles. The summed E-state index contributed by atoms with van der Waals surface area (Å²) in [6.45, 7) is 2.24. The van der Waals surface area contributed by atoms with E-state index in [-0.39, 0.29) is 18.3 Å². The summed E-state index contributed by atoms with van der Waals surface area (Å²) < 4.78 is 19.7. The molecule has 0 aliphatic rings. The van der Waals surface area contributed by atoms with Crippen LogP contribution >= 0.6 is 11.3 Å². The van der Waals surface area contributed by atoms with Crippen LogP contribution in [0.3, 0.4) is 0 Å². The van der Waals surface area contributed by atoms with Crippen LogP contribution in [-0.2, 0) is 6.61 Å². The second-order valence-electron chi connectivity index (χ2n) is 9.92. The zero-order valence-electron chi connectivity index (χ0n) is 23.3. The molecule has 43 heavy (non-hydrogen) atoms. The zero-order valence-corrected chi connectivity index (χ0v) is 24.1. The Labute approximate surface area is 252 Å². The molecule has 0 aliphatic heterocycles. The molecule has 0 fully saturated rings. The lowest BCUT2D eigenvalue weighted by Gasteiger charge is -2.12. The van der Waals surface area contributed by atoms with Gasteiger partial charge in [-0.1, -0.05) is 72.3 Å². The highest BCUT2D eigenvalue weighted by Gasteiger charge is 2.11. The van der Waals surface area contributed by atoms with Crippen LogP contribution in [0.4, 0.5) is 15.2 Å². The molecule has 6 rings (SSSR count). The number of rotatable bonds is 9. The Morgan fingerprint density at radius 1 is 0.953 bits per heavy atom. The van der Waals surface area contributed by atoms with Gasteiger partial charge in [-0.05, 0) is 65.7 Å². The van der Waals surface area contributed by atoms with Crippen LogP contribution < -0.4 is 15.5 Å². The van der Waals surface area contributed by atoms with Crippen LogP contribution in [-0.4, -0.2) is 17.1 Å². The fraction of sp³-hybridized carbons (Fsp3) is 0.0571. The molecule has 2 N–H and O–H groups in total. The fourth-order valence-corrected chi connectivity index (χ4v) is 5.30. The van der Waals surface area contributed by atoms with Crippen LogP contribution in [0, 0.1) is 12.7 Å². The van der Waals surface area contributed by atoms with Crippen molar-refractivity contribution in [3.63, 3.8) is 0 Å². The summed E-state index contributed by atoms with van der Waals surface area (Å²) in [6.07, 6.45) is 1.58. The number of benzene rings is 5. The van der Waals surface area contributed by atoms with E-state index >= 15 is 0 Å². The van der Waals surface area contributed by atoms with Crippen LogP contribution in [0.25, 0.3) is 22.0 Å². The molecule has 1 amide bonds. The molecule has 212 valence electrons. The molecule has 8 heteroatoms. The van der Waals surface area contributed by atoms with E-state index in [1.807, 2.05) is 66.0 Å². The third-order valence-corrected chi connectivity index (χ3v) is 7.58. The van der Waals surface area contributed by atoms with Crippen molar-refractivity contribution < 1.29 is 13.9 Å². The Balaban J connectivity index is 1.13. The summed E-state index contributed by atoms with van der Waals surface area (Å²) in [6, 6.07) is 33.3. The minimum absolute atomic E-state index is 0.193. The van der Waals surface area contributed by atoms with E-state index in [1.54, 1.807) is 30.5 Å². The van der Waals surface area contributed by atoms with Gasteiger partial charge in [0, 0.05) is 27.8 Å². The Bertz CT molecular complexity index is 1920. The molecule has 6 aromatic rings. The first kappa shape index (κ1) is 27.8. The van der Waals surface area contributed by atoms with Crippen molar-refractivity contribution in [2.45, 2.75) is 13.5 Å². The molecule has 0 unspecified atom stereocenters. The predicted octanol–water partition coefficient (Wildman–Crippen LogP) is 8.50. The number of hydrazone groups is 1. The fourth-order valence-electron chi connectivity index (χ4n) is 4.56. The molecule has 1 aromatic heterocycles. The maximum absolute atomic E-state index is 13.6. The maximum Gasteiger partial charge on any atom is 0.271 e. The molecule has 6 nitrogen and oxygen atoms in total. The molecule has 0 bridgehead atoms. The minimum atomic E-state index is -0.342. The van der Waals surface area contributed by atoms with Crippen molar-refractivity contribution in [3.8, 4) is 17.0 Å². The Hall–Kier alpha value is -5.34. The van der Waals surface area contributed by atoms with Crippen molar-refractivity contribution >= 4 is 45.0 Å². The number of carbonyl (C=O) groups is 1. The number of fused-ring (bicyclic) bond motifs is 1. The predicted molar refractivity (Wildman–Crippen MR) is 172 cm³/mol. The van der Waals surface area contributed by atoms with Crippen LogP contribution in [0.2, 0.25) is 0 Å². The summed E-state index contributed by atoms with van der Waals surface area (Å²) >= 11 is 1.52. The average molecular weight is 587 g/mol. The molecular weight excluding hydrogens is 559 g/mol.